The van der Waals surface area contributed by atoms with Crippen LogP contribution in [0.2, 0.25) is 0 Å². The van der Waals surface area contributed by atoms with Crippen LogP contribution in [0.15, 0.2) is 169 Å². The fourth-order valence-electron chi connectivity index (χ4n) is 8.65. The van der Waals surface area contributed by atoms with Gasteiger partial charge in [-0.1, -0.05) is 184 Å². The highest BCUT2D eigenvalue weighted by molar-refractivity contribution is 8.05. The van der Waals surface area contributed by atoms with Crippen LogP contribution in [0.25, 0.3) is 27.6 Å². The summed E-state index contributed by atoms with van der Waals surface area (Å²) in [4.78, 5) is 8.57. The van der Waals surface area contributed by atoms with Gasteiger partial charge in [-0.05, 0) is 92.4 Å². The van der Waals surface area contributed by atoms with E-state index in [4.69, 9.17) is 10.1 Å². The third-order valence-corrected chi connectivity index (χ3v) is 15.2. The molecule has 0 bridgehead atoms. The maximum Gasteiger partial charge on any atom is 0.179 e. The van der Waals surface area contributed by atoms with Gasteiger partial charge in [0.15, 0.2) is 8.68 Å². The Morgan fingerprint density at radius 1 is 0.862 bits per heavy atom. The number of fused-ring (bicyclic) bond motifs is 4. The number of anilines is 1. The van der Waals surface area contributed by atoms with E-state index in [1.54, 1.807) is 34.9 Å². The molecule has 4 nitrogen and oxygen atoms in total. The van der Waals surface area contributed by atoms with Gasteiger partial charge in [0.1, 0.15) is 0 Å². The van der Waals surface area contributed by atoms with Crippen LogP contribution in [0.3, 0.4) is 0 Å². The monoisotopic (exact) mass is 814 g/mol. The molecule has 0 fully saturated rings. The first-order valence-electron chi connectivity index (χ1n) is 20.0. The minimum Gasteiger partial charge on any atom is -0.347 e. The number of benzene rings is 5. The quantitative estimate of drug-likeness (QED) is 0.0962. The average molecular weight is 815 g/mol. The molecule has 8 rings (SSSR count). The Morgan fingerprint density at radius 2 is 1.57 bits per heavy atom. The number of likely N-dealkylation sites (N-methyl/N-ethyl adjacent to an activating group) is 1. The first-order chi connectivity index (χ1) is 28.1. The Balaban J connectivity index is 1.15. The second-order valence-electron chi connectivity index (χ2n) is 16.1. The van der Waals surface area contributed by atoms with Crippen LogP contribution in [0, 0.1) is 0 Å². The molecule has 0 N–H and O–H groups in total. The highest BCUT2D eigenvalue weighted by Gasteiger charge is 2.39. The molecule has 0 saturated heterocycles. The summed E-state index contributed by atoms with van der Waals surface area (Å²) in [6, 6.07) is 37.1. The summed E-state index contributed by atoms with van der Waals surface area (Å²) in [6.07, 6.45) is 14.3. The summed E-state index contributed by atoms with van der Waals surface area (Å²) in [6.45, 7) is 13.2. The molecule has 2 heterocycles. The van der Waals surface area contributed by atoms with Gasteiger partial charge in [-0.2, -0.15) is 0 Å². The molecule has 292 valence electrons. The number of nitrogens with zero attached hydrogens (tertiary/aromatic N) is 4. The largest absolute Gasteiger partial charge is 0.347 e. The molecule has 0 spiro atoms. The molecule has 0 amide bonds. The summed E-state index contributed by atoms with van der Waals surface area (Å²) in [5.74, 6) is 0.846. The molecule has 0 radical (unpaired) electrons. The topological polar surface area (TPSA) is 41.4 Å². The van der Waals surface area contributed by atoms with Gasteiger partial charge in [0.2, 0.25) is 0 Å². The summed E-state index contributed by atoms with van der Waals surface area (Å²) in [5, 5.41) is 14.5. The molecule has 1 aliphatic heterocycles. The minimum absolute atomic E-state index is 0.159. The highest BCUT2D eigenvalue weighted by Crippen LogP contribution is 2.50. The molecule has 2 aliphatic rings. The van der Waals surface area contributed by atoms with Gasteiger partial charge in [0, 0.05) is 52.7 Å². The molecule has 58 heavy (non-hydrogen) atoms. The van der Waals surface area contributed by atoms with E-state index in [-0.39, 0.29) is 10.8 Å². The normalized spacial score (nSPS) is 17.3. The molecule has 1 aliphatic carbocycles. The predicted molar refractivity (Wildman–Crippen MR) is 254 cm³/mol. The third kappa shape index (κ3) is 7.80. The maximum absolute atomic E-state index is 4.91. The van der Waals surface area contributed by atoms with Gasteiger partial charge in [-0.25, -0.2) is 0 Å². The summed E-state index contributed by atoms with van der Waals surface area (Å²) < 4.78 is 1.94. The van der Waals surface area contributed by atoms with Gasteiger partial charge < -0.3 is 4.90 Å². The van der Waals surface area contributed by atoms with E-state index in [1.807, 2.05) is 13.1 Å². The summed E-state index contributed by atoms with van der Waals surface area (Å²) >= 11 is 5.19. The van der Waals surface area contributed by atoms with E-state index in [2.05, 4.69) is 179 Å². The van der Waals surface area contributed by atoms with Crippen molar-refractivity contribution >= 4 is 73.9 Å². The van der Waals surface area contributed by atoms with Crippen molar-refractivity contribution in [2.24, 2.45) is 4.99 Å². The zero-order valence-electron chi connectivity index (χ0n) is 34.3. The number of thioether (sulfide) groups is 2. The first-order valence-corrected chi connectivity index (χ1v) is 22.6. The fourth-order valence-corrected chi connectivity index (χ4v) is 11.9. The Morgan fingerprint density at radius 3 is 2.33 bits per heavy atom. The van der Waals surface area contributed by atoms with E-state index >= 15 is 0 Å². The lowest BCUT2D eigenvalue weighted by atomic mass is 9.77. The van der Waals surface area contributed by atoms with E-state index in [0.29, 0.717) is 0 Å². The molecule has 6 aromatic rings. The van der Waals surface area contributed by atoms with E-state index in [9.17, 15) is 0 Å². The number of rotatable bonds is 11. The zero-order chi connectivity index (χ0) is 40.4. The maximum atomic E-state index is 4.91. The van der Waals surface area contributed by atoms with Crippen LogP contribution >= 0.6 is 34.9 Å². The molecule has 7 heteroatoms. The van der Waals surface area contributed by atoms with Crippen LogP contribution in [-0.4, -0.2) is 30.0 Å². The molecule has 0 atom stereocenters. The predicted octanol–water partition coefficient (Wildman–Crippen LogP) is 14.2. The van der Waals surface area contributed by atoms with Gasteiger partial charge in [0.05, 0.1) is 0 Å². The van der Waals surface area contributed by atoms with Crippen molar-refractivity contribution in [1.29, 1.82) is 0 Å². The van der Waals surface area contributed by atoms with Gasteiger partial charge in [-0.3, -0.25) is 4.99 Å². The first kappa shape index (κ1) is 39.9. The van der Waals surface area contributed by atoms with Crippen molar-refractivity contribution in [2.75, 3.05) is 19.0 Å². The van der Waals surface area contributed by atoms with Gasteiger partial charge in [0.25, 0.3) is 0 Å². The van der Waals surface area contributed by atoms with Crippen molar-refractivity contribution in [1.82, 2.24) is 10.2 Å². The molecule has 5 aromatic carbocycles. The van der Waals surface area contributed by atoms with Crippen LogP contribution in [0.5, 0.6) is 0 Å². The highest BCUT2D eigenvalue weighted by atomic mass is 32.2. The summed E-state index contributed by atoms with van der Waals surface area (Å²) in [5.41, 5.74) is 10.9. The Labute approximate surface area is 356 Å². The van der Waals surface area contributed by atoms with E-state index < -0.39 is 0 Å². The fraction of sp³-hybridized carbons (Fsp3) is 0.235. The van der Waals surface area contributed by atoms with Gasteiger partial charge in [-0.15, -0.1) is 10.2 Å². The zero-order valence-corrected chi connectivity index (χ0v) is 36.7. The van der Waals surface area contributed by atoms with Crippen molar-refractivity contribution in [3.8, 4) is 0 Å². The number of hydrogen-bond donors (Lipinski definition) is 0. The van der Waals surface area contributed by atoms with Crippen LogP contribution in [0.4, 0.5) is 5.69 Å². The van der Waals surface area contributed by atoms with Crippen LogP contribution < -0.4 is 4.90 Å². The lowest BCUT2D eigenvalue weighted by Crippen LogP contribution is -2.28. The van der Waals surface area contributed by atoms with Crippen LogP contribution in [-0.2, 0) is 16.6 Å². The number of hydrogen-bond acceptors (Lipinski definition) is 7. The second kappa shape index (κ2) is 16.7. The lowest BCUT2D eigenvalue weighted by Gasteiger charge is -2.28. The Hall–Kier alpha value is -4.95. The molecular weight excluding hydrogens is 765 g/mol. The molecular formula is C51H50N4S3. The second-order valence-corrected chi connectivity index (χ2v) is 19.5. The number of allylic oxidation sites excluding steroid dienone is 7. The lowest BCUT2D eigenvalue weighted by molar-refractivity contribution is 0.645. The minimum atomic E-state index is -0.299. The average Bonchev–Trinajstić information content (AvgIpc) is 3.77. The Bertz CT molecular complexity index is 2670. The number of aromatic nitrogens is 2. The molecule has 1 aromatic heterocycles. The SMILES string of the molecule is C=Cc1ccc(CSc2nnc(SC3=C(/C=C/C(=N\C)C(C)(C)c4cccc5ccccc45)CCC/C3=C\C=C3\N(C)c4ccc5ccccc5c4C3(C)C)s2)cc1. The van der Waals surface area contributed by atoms with E-state index in [0.717, 1.165) is 45.0 Å². The third-order valence-electron chi connectivity index (χ3n) is 11.8. The Kier molecular flexibility index (Phi) is 11.5. The standard InChI is InChI=1S/C51H50N4S3/c1-8-34-23-25-35(26-24-34)33-56-48-53-54-49(58-48)57-47-38(28-31-44(52-6)50(2,3)42-22-14-17-36-15-9-11-20-40(36)42)18-13-19-39(47)29-32-45-51(4,5)46-41-21-12-10-16-37(41)27-30-43(46)55(45)7/h8-12,14-17,20-32H,1,13,18-19,33H2,2-7H3/b31-28+,39-29+,45-32+,52-44+. The molecule has 0 saturated carbocycles. The van der Waals surface area contributed by atoms with E-state index in [1.165, 1.54) is 65.7 Å². The number of aliphatic imine (C=N–C) groups is 1. The molecule has 0 unspecified atom stereocenters. The van der Waals surface area contributed by atoms with Crippen LogP contribution in [0.1, 0.15) is 69.2 Å². The summed E-state index contributed by atoms with van der Waals surface area (Å²) in [7, 11) is 4.13. The van der Waals surface area contributed by atoms with Crippen molar-refractivity contribution in [3.05, 3.63) is 178 Å². The van der Waals surface area contributed by atoms with Crippen molar-refractivity contribution < 1.29 is 0 Å². The van der Waals surface area contributed by atoms with Gasteiger partial charge >= 0.3 is 0 Å². The van der Waals surface area contributed by atoms with Crippen molar-refractivity contribution in [3.63, 3.8) is 0 Å². The van der Waals surface area contributed by atoms with Crippen molar-refractivity contribution in [2.45, 2.75) is 72.2 Å². The smallest absolute Gasteiger partial charge is 0.179 e.